The zero-order chi connectivity index (χ0) is 18.9. The van der Waals surface area contributed by atoms with Crippen LogP contribution in [-0.2, 0) is 0 Å². The molecule has 1 aromatic heterocycles. The third kappa shape index (κ3) is 3.62. The minimum absolute atomic E-state index is 0.0169. The van der Waals surface area contributed by atoms with Crippen LogP contribution in [0, 0.1) is 5.92 Å². The van der Waals surface area contributed by atoms with Gasteiger partial charge in [-0.15, -0.1) is 0 Å². The number of pyridine rings is 1. The minimum Gasteiger partial charge on any atom is -0.508 e. The Hall–Kier alpha value is -2.60. The van der Waals surface area contributed by atoms with Gasteiger partial charge in [0.2, 0.25) is 5.88 Å². The van der Waals surface area contributed by atoms with E-state index < -0.39 is 0 Å². The predicted octanol–water partition coefficient (Wildman–Crippen LogP) is 2.40. The molecule has 142 valence electrons. The van der Waals surface area contributed by atoms with Gasteiger partial charge in [-0.3, -0.25) is 9.69 Å². The zero-order valence-electron chi connectivity index (χ0n) is 15.5. The fourth-order valence-electron chi connectivity index (χ4n) is 4.19. The third-order valence-corrected chi connectivity index (χ3v) is 5.81. The molecular weight excluding hydrogens is 342 g/mol. The Balaban J connectivity index is 1.36. The average molecular weight is 367 g/mol. The van der Waals surface area contributed by atoms with E-state index >= 15 is 0 Å². The Morgan fingerprint density at radius 1 is 1.30 bits per heavy atom. The number of hydrogen-bond donors (Lipinski definition) is 1. The molecule has 6 nitrogen and oxygen atoms in total. The van der Waals surface area contributed by atoms with Crippen molar-refractivity contribution in [2.75, 3.05) is 33.3 Å². The molecule has 1 unspecified atom stereocenters. The standard InChI is InChI=1S/C21H25N3O3/c1-23-10-8-16(13-27-19-7-2-3-9-22-19)12-21(23)14-24(15-21)20(26)17-5-4-6-18(25)11-17/h2-7,9,11,16,25H,8,10,12-15H2,1H3. The number of aromatic hydroxyl groups is 1. The Bertz CT molecular complexity index is 805. The van der Waals surface area contributed by atoms with E-state index in [4.69, 9.17) is 4.74 Å². The molecule has 27 heavy (non-hydrogen) atoms. The van der Waals surface area contributed by atoms with Gasteiger partial charge < -0.3 is 14.7 Å². The number of carbonyl (C=O) groups excluding carboxylic acids is 1. The molecule has 1 spiro atoms. The van der Waals surface area contributed by atoms with Gasteiger partial charge in [-0.2, -0.15) is 0 Å². The number of benzene rings is 1. The van der Waals surface area contributed by atoms with Gasteiger partial charge in [-0.25, -0.2) is 4.98 Å². The molecule has 1 atom stereocenters. The van der Waals surface area contributed by atoms with E-state index in [0.29, 0.717) is 24.0 Å². The number of amides is 1. The van der Waals surface area contributed by atoms with Crippen LogP contribution >= 0.6 is 0 Å². The van der Waals surface area contributed by atoms with Gasteiger partial charge >= 0.3 is 0 Å². The van der Waals surface area contributed by atoms with Crippen LogP contribution in [-0.4, -0.2) is 64.6 Å². The number of nitrogens with zero attached hydrogens (tertiary/aromatic N) is 3. The SMILES string of the molecule is CN1CCC(COc2ccccn2)CC12CN(C(=O)c1cccc(O)c1)C2. The first kappa shape index (κ1) is 17.8. The average Bonchev–Trinajstić information content (AvgIpc) is 2.66. The molecule has 0 radical (unpaired) electrons. The van der Waals surface area contributed by atoms with E-state index in [0.717, 1.165) is 32.5 Å². The van der Waals surface area contributed by atoms with Crippen molar-refractivity contribution in [2.45, 2.75) is 18.4 Å². The first-order chi connectivity index (χ1) is 13.1. The largest absolute Gasteiger partial charge is 0.508 e. The monoisotopic (exact) mass is 367 g/mol. The molecule has 2 saturated heterocycles. The van der Waals surface area contributed by atoms with Gasteiger partial charge in [0.25, 0.3) is 5.91 Å². The second-order valence-electron chi connectivity index (χ2n) is 7.70. The summed E-state index contributed by atoms with van der Waals surface area (Å²) in [5.41, 5.74) is 0.571. The van der Waals surface area contributed by atoms with Crippen molar-refractivity contribution in [3.05, 3.63) is 54.2 Å². The lowest BCUT2D eigenvalue weighted by Gasteiger charge is -2.58. The Morgan fingerprint density at radius 3 is 2.89 bits per heavy atom. The molecule has 0 saturated carbocycles. The number of phenols is 1. The predicted molar refractivity (Wildman–Crippen MR) is 102 cm³/mol. The lowest BCUT2D eigenvalue weighted by molar-refractivity contribution is -0.0695. The second-order valence-corrected chi connectivity index (χ2v) is 7.70. The zero-order valence-corrected chi connectivity index (χ0v) is 15.5. The van der Waals surface area contributed by atoms with Crippen molar-refractivity contribution < 1.29 is 14.6 Å². The summed E-state index contributed by atoms with van der Waals surface area (Å²) in [5.74, 6) is 1.23. The highest BCUT2D eigenvalue weighted by atomic mass is 16.5. The maximum Gasteiger partial charge on any atom is 0.254 e. The topological polar surface area (TPSA) is 65.9 Å². The lowest BCUT2D eigenvalue weighted by atomic mass is 9.75. The molecule has 2 aromatic rings. The highest BCUT2D eigenvalue weighted by Gasteiger charge is 2.51. The third-order valence-electron chi connectivity index (χ3n) is 5.81. The summed E-state index contributed by atoms with van der Waals surface area (Å²) in [6, 6.07) is 12.2. The van der Waals surface area contributed by atoms with Crippen LogP contribution in [0.15, 0.2) is 48.7 Å². The number of carbonyl (C=O) groups is 1. The first-order valence-electron chi connectivity index (χ1n) is 9.39. The normalized spacial score (nSPS) is 21.7. The molecule has 1 N–H and O–H groups in total. The highest BCUT2D eigenvalue weighted by molar-refractivity contribution is 5.95. The molecular formula is C21H25N3O3. The number of likely N-dealkylation sites (N-methyl/N-ethyl adjacent to an activating group) is 1. The maximum absolute atomic E-state index is 12.7. The van der Waals surface area contributed by atoms with Crippen LogP contribution in [0.2, 0.25) is 0 Å². The van der Waals surface area contributed by atoms with Gasteiger partial charge in [0.15, 0.2) is 0 Å². The molecule has 3 heterocycles. The number of rotatable bonds is 4. The van der Waals surface area contributed by atoms with Crippen molar-refractivity contribution in [3.8, 4) is 11.6 Å². The van der Waals surface area contributed by atoms with Crippen molar-refractivity contribution in [1.29, 1.82) is 0 Å². The Kier molecular flexibility index (Phi) is 4.74. The Labute approximate surface area is 159 Å². The molecule has 2 aliphatic rings. The number of ether oxygens (including phenoxy) is 1. The van der Waals surface area contributed by atoms with E-state index in [9.17, 15) is 9.90 Å². The van der Waals surface area contributed by atoms with Crippen LogP contribution in [0.5, 0.6) is 11.6 Å². The molecule has 0 bridgehead atoms. The highest BCUT2D eigenvalue weighted by Crippen LogP contribution is 2.39. The van der Waals surface area contributed by atoms with E-state index in [1.807, 2.05) is 23.1 Å². The summed E-state index contributed by atoms with van der Waals surface area (Å²) >= 11 is 0. The molecule has 1 amide bonds. The van der Waals surface area contributed by atoms with Crippen molar-refractivity contribution in [3.63, 3.8) is 0 Å². The van der Waals surface area contributed by atoms with Crippen molar-refractivity contribution in [1.82, 2.24) is 14.8 Å². The number of piperidine rings is 1. The number of hydrogen-bond acceptors (Lipinski definition) is 5. The van der Waals surface area contributed by atoms with Crippen molar-refractivity contribution >= 4 is 5.91 Å². The van der Waals surface area contributed by atoms with E-state index in [-0.39, 0.29) is 17.2 Å². The van der Waals surface area contributed by atoms with Gasteiger partial charge in [-0.1, -0.05) is 12.1 Å². The van der Waals surface area contributed by atoms with E-state index in [2.05, 4.69) is 16.9 Å². The fourth-order valence-corrected chi connectivity index (χ4v) is 4.19. The quantitative estimate of drug-likeness (QED) is 0.899. The molecule has 0 aliphatic carbocycles. The van der Waals surface area contributed by atoms with Crippen LogP contribution < -0.4 is 4.74 Å². The van der Waals surface area contributed by atoms with Crippen LogP contribution in [0.3, 0.4) is 0 Å². The molecule has 1 aromatic carbocycles. The van der Waals surface area contributed by atoms with Crippen molar-refractivity contribution in [2.24, 2.45) is 5.92 Å². The van der Waals surface area contributed by atoms with Crippen LogP contribution in [0.1, 0.15) is 23.2 Å². The number of phenolic OH excluding ortho intramolecular Hbond substituents is 1. The fraction of sp³-hybridized carbons (Fsp3) is 0.429. The molecule has 4 rings (SSSR count). The molecule has 2 fully saturated rings. The van der Waals surface area contributed by atoms with Gasteiger partial charge in [0, 0.05) is 30.9 Å². The summed E-state index contributed by atoms with van der Waals surface area (Å²) in [6.45, 7) is 3.10. The summed E-state index contributed by atoms with van der Waals surface area (Å²) in [7, 11) is 2.14. The molecule has 2 aliphatic heterocycles. The summed E-state index contributed by atoms with van der Waals surface area (Å²) in [6.07, 6.45) is 3.84. The van der Waals surface area contributed by atoms with Crippen LogP contribution in [0.4, 0.5) is 0 Å². The van der Waals surface area contributed by atoms with Crippen LogP contribution in [0.25, 0.3) is 0 Å². The number of aromatic nitrogens is 1. The van der Waals surface area contributed by atoms with E-state index in [1.165, 1.54) is 6.07 Å². The van der Waals surface area contributed by atoms with Gasteiger partial charge in [0.1, 0.15) is 5.75 Å². The lowest BCUT2D eigenvalue weighted by Crippen LogP contribution is -2.72. The minimum atomic E-state index is -0.0169. The van der Waals surface area contributed by atoms with Gasteiger partial charge in [-0.05, 0) is 56.6 Å². The molecule has 6 heteroatoms. The summed E-state index contributed by atoms with van der Waals surface area (Å²) in [4.78, 5) is 21.1. The summed E-state index contributed by atoms with van der Waals surface area (Å²) in [5, 5.41) is 9.61. The smallest absolute Gasteiger partial charge is 0.254 e. The van der Waals surface area contributed by atoms with E-state index in [1.54, 1.807) is 24.4 Å². The first-order valence-corrected chi connectivity index (χ1v) is 9.39. The Morgan fingerprint density at radius 2 is 2.15 bits per heavy atom. The van der Waals surface area contributed by atoms with Gasteiger partial charge in [0.05, 0.1) is 12.1 Å². The number of likely N-dealkylation sites (tertiary alicyclic amines) is 2. The second kappa shape index (κ2) is 7.19. The summed E-state index contributed by atoms with van der Waals surface area (Å²) < 4.78 is 5.86. The maximum atomic E-state index is 12.7.